The fraction of sp³-hybridized carbons (Fsp3) is 0.300. The molecule has 3 N–H and O–H groups in total. The van der Waals surface area contributed by atoms with Crippen LogP contribution in [0.25, 0.3) is 22.0 Å². The zero-order valence-corrected chi connectivity index (χ0v) is 22.1. The lowest BCUT2D eigenvalue weighted by Crippen LogP contribution is -2.28. The topological polar surface area (TPSA) is 96.0 Å². The van der Waals surface area contributed by atoms with Gasteiger partial charge in [0.15, 0.2) is 0 Å². The van der Waals surface area contributed by atoms with Crippen LogP contribution < -0.4 is 16.2 Å². The molecular weight excluding hydrogens is 464 g/mol. The van der Waals surface area contributed by atoms with Crippen LogP contribution in [-0.4, -0.2) is 21.4 Å². The smallest absolute Gasteiger partial charge is 0.253 e. The number of carbonyl (C=O) groups is 2. The predicted molar refractivity (Wildman–Crippen MR) is 149 cm³/mol. The van der Waals surface area contributed by atoms with Crippen molar-refractivity contribution in [2.75, 3.05) is 5.32 Å². The van der Waals surface area contributed by atoms with Gasteiger partial charge in [-0.25, -0.2) is 0 Å². The van der Waals surface area contributed by atoms with Crippen LogP contribution in [0.3, 0.4) is 0 Å². The number of hydrogen-bond acceptors (Lipinski definition) is 3. The van der Waals surface area contributed by atoms with E-state index in [0.29, 0.717) is 16.8 Å². The van der Waals surface area contributed by atoms with Crippen molar-refractivity contribution < 1.29 is 9.59 Å². The van der Waals surface area contributed by atoms with Crippen LogP contribution >= 0.6 is 0 Å². The lowest BCUT2D eigenvalue weighted by Gasteiger charge is -2.14. The quantitative estimate of drug-likeness (QED) is 0.290. The predicted octanol–water partition coefficient (Wildman–Crippen LogP) is 5.73. The maximum atomic E-state index is 13.5. The largest absolute Gasteiger partial charge is 0.348 e. The normalized spacial score (nSPS) is 11.2. The fourth-order valence-electron chi connectivity index (χ4n) is 4.75. The highest BCUT2D eigenvalue weighted by molar-refractivity contribution is 6.08. The zero-order chi connectivity index (χ0) is 26.7. The van der Waals surface area contributed by atoms with E-state index >= 15 is 0 Å². The second kappa shape index (κ2) is 10.9. The Morgan fingerprint density at radius 1 is 1.03 bits per heavy atom. The van der Waals surface area contributed by atoms with Crippen molar-refractivity contribution in [2.45, 2.75) is 60.0 Å². The number of benzene rings is 2. The molecule has 0 aliphatic carbocycles. The number of aromatic amines is 1. The number of rotatable bonds is 8. The number of anilines is 1. The number of hydrogen-bond donors (Lipinski definition) is 3. The van der Waals surface area contributed by atoms with Crippen LogP contribution in [-0.2, 0) is 17.8 Å². The number of aromatic nitrogens is 2. The Kier molecular flexibility index (Phi) is 7.62. The summed E-state index contributed by atoms with van der Waals surface area (Å²) < 4.78 is 2.14. The summed E-state index contributed by atoms with van der Waals surface area (Å²) >= 11 is 0. The van der Waals surface area contributed by atoms with Gasteiger partial charge in [0, 0.05) is 59.1 Å². The van der Waals surface area contributed by atoms with Gasteiger partial charge in [-0.3, -0.25) is 14.4 Å². The molecule has 0 bridgehead atoms. The van der Waals surface area contributed by atoms with E-state index in [1.807, 2.05) is 55.6 Å². The van der Waals surface area contributed by atoms with Crippen molar-refractivity contribution in [3.8, 4) is 11.1 Å². The number of nitrogens with zero attached hydrogens (tertiary/aromatic N) is 1. The standard InChI is InChI=1S/C30H34N4O3/c1-6-7-22-14-19(4)32-30(37)27(22)17-31-29(36)26-15-23(16-28-25(26)12-13-34(28)18(2)3)21-8-10-24(11-9-21)33-20(5)35/h8-16,18H,6-7,17H2,1-5H3,(H,31,36)(H,32,37)(H,33,35). The van der Waals surface area contributed by atoms with Crippen LogP contribution in [0.15, 0.2) is 59.5 Å². The first-order valence-corrected chi connectivity index (χ1v) is 12.7. The van der Waals surface area contributed by atoms with Gasteiger partial charge in [0.2, 0.25) is 5.91 Å². The average Bonchev–Trinajstić information content (AvgIpc) is 3.27. The Bertz CT molecular complexity index is 1510. The number of aryl methyl sites for hydroxylation is 2. The number of carbonyl (C=O) groups excluding carboxylic acids is 2. The zero-order valence-electron chi connectivity index (χ0n) is 22.1. The summed E-state index contributed by atoms with van der Waals surface area (Å²) in [5.41, 5.74) is 6.28. The van der Waals surface area contributed by atoms with Gasteiger partial charge in [0.05, 0.1) is 0 Å². The van der Waals surface area contributed by atoms with Gasteiger partial charge in [-0.2, -0.15) is 0 Å². The number of pyridine rings is 1. The maximum absolute atomic E-state index is 13.5. The van der Waals surface area contributed by atoms with Crippen LogP contribution in [0.4, 0.5) is 5.69 Å². The molecule has 7 nitrogen and oxygen atoms in total. The molecule has 7 heteroatoms. The molecule has 0 unspecified atom stereocenters. The molecule has 0 spiro atoms. The van der Waals surface area contributed by atoms with E-state index in [-0.39, 0.29) is 30.0 Å². The van der Waals surface area contributed by atoms with E-state index in [1.54, 1.807) is 0 Å². The highest BCUT2D eigenvalue weighted by Gasteiger charge is 2.18. The first kappa shape index (κ1) is 25.9. The SMILES string of the molecule is CCCc1cc(C)[nH]c(=O)c1CNC(=O)c1cc(-c2ccc(NC(C)=O)cc2)cc2c1ccn2C(C)C. The average molecular weight is 499 g/mol. The lowest BCUT2D eigenvalue weighted by molar-refractivity contribution is -0.114. The molecular formula is C30H34N4O3. The van der Waals surface area contributed by atoms with Crippen LogP contribution in [0.2, 0.25) is 0 Å². The second-order valence-corrected chi connectivity index (χ2v) is 9.75. The van der Waals surface area contributed by atoms with Gasteiger partial charge >= 0.3 is 0 Å². The second-order valence-electron chi connectivity index (χ2n) is 9.75. The molecule has 37 heavy (non-hydrogen) atoms. The molecule has 0 saturated heterocycles. The van der Waals surface area contributed by atoms with Crippen LogP contribution in [0, 0.1) is 6.92 Å². The van der Waals surface area contributed by atoms with Gasteiger partial charge in [-0.15, -0.1) is 0 Å². The number of fused-ring (bicyclic) bond motifs is 1. The van der Waals surface area contributed by atoms with Gasteiger partial charge in [-0.1, -0.05) is 25.5 Å². The Morgan fingerprint density at radius 3 is 2.41 bits per heavy atom. The Balaban J connectivity index is 1.72. The van der Waals surface area contributed by atoms with Crippen molar-refractivity contribution in [3.63, 3.8) is 0 Å². The van der Waals surface area contributed by atoms with Gasteiger partial charge in [0.25, 0.3) is 11.5 Å². The fourth-order valence-corrected chi connectivity index (χ4v) is 4.75. The minimum absolute atomic E-state index is 0.127. The van der Waals surface area contributed by atoms with E-state index in [1.165, 1.54) is 6.92 Å². The molecule has 0 aliphatic heterocycles. The van der Waals surface area contributed by atoms with E-state index in [0.717, 1.165) is 46.1 Å². The molecule has 192 valence electrons. The number of H-pyrrole nitrogens is 1. The van der Waals surface area contributed by atoms with E-state index in [9.17, 15) is 14.4 Å². The summed E-state index contributed by atoms with van der Waals surface area (Å²) in [6, 6.07) is 15.7. The number of amides is 2. The molecule has 4 aromatic rings. The molecule has 0 atom stereocenters. The molecule has 0 fully saturated rings. The molecule has 0 aliphatic rings. The van der Waals surface area contributed by atoms with E-state index in [2.05, 4.69) is 47.0 Å². The molecule has 0 radical (unpaired) electrons. The Morgan fingerprint density at radius 2 is 1.76 bits per heavy atom. The van der Waals surface area contributed by atoms with Crippen molar-refractivity contribution in [2.24, 2.45) is 0 Å². The van der Waals surface area contributed by atoms with Crippen LogP contribution in [0.5, 0.6) is 0 Å². The first-order chi connectivity index (χ1) is 17.7. The van der Waals surface area contributed by atoms with Gasteiger partial charge < -0.3 is 20.2 Å². The minimum atomic E-state index is -0.231. The minimum Gasteiger partial charge on any atom is -0.348 e. The van der Waals surface area contributed by atoms with Crippen LogP contribution in [0.1, 0.15) is 67.3 Å². The summed E-state index contributed by atoms with van der Waals surface area (Å²) in [6.45, 7) is 9.78. The van der Waals surface area contributed by atoms with E-state index < -0.39 is 0 Å². The summed E-state index contributed by atoms with van der Waals surface area (Å²) in [5.74, 6) is -0.358. The number of nitrogens with one attached hydrogen (secondary N) is 3. The highest BCUT2D eigenvalue weighted by Crippen LogP contribution is 2.31. The van der Waals surface area contributed by atoms with Gasteiger partial charge in [-0.05, 0) is 80.3 Å². The Labute approximate surface area is 216 Å². The lowest BCUT2D eigenvalue weighted by atomic mass is 9.99. The summed E-state index contributed by atoms with van der Waals surface area (Å²) in [7, 11) is 0. The highest BCUT2D eigenvalue weighted by atomic mass is 16.2. The summed E-state index contributed by atoms with van der Waals surface area (Å²) in [4.78, 5) is 40.5. The third-order valence-corrected chi connectivity index (χ3v) is 6.49. The first-order valence-electron chi connectivity index (χ1n) is 12.7. The molecule has 2 amide bonds. The third-order valence-electron chi connectivity index (χ3n) is 6.49. The third kappa shape index (κ3) is 5.66. The summed E-state index contributed by atoms with van der Waals surface area (Å²) in [5, 5.41) is 6.64. The van der Waals surface area contributed by atoms with Crippen molar-refractivity contribution >= 4 is 28.4 Å². The molecule has 2 aromatic heterocycles. The summed E-state index contributed by atoms with van der Waals surface area (Å²) in [6.07, 6.45) is 3.69. The maximum Gasteiger partial charge on any atom is 0.253 e. The monoisotopic (exact) mass is 498 g/mol. The van der Waals surface area contributed by atoms with Crippen molar-refractivity contribution in [1.29, 1.82) is 0 Å². The van der Waals surface area contributed by atoms with Gasteiger partial charge in [0.1, 0.15) is 0 Å². The van der Waals surface area contributed by atoms with Crippen molar-refractivity contribution in [1.82, 2.24) is 14.9 Å². The van der Waals surface area contributed by atoms with E-state index in [4.69, 9.17) is 0 Å². The molecule has 4 rings (SSSR count). The Hall–Kier alpha value is -4.13. The molecule has 0 saturated carbocycles. The molecule has 2 heterocycles. The molecule has 2 aromatic carbocycles. The van der Waals surface area contributed by atoms with Crippen molar-refractivity contribution in [3.05, 3.63) is 87.5 Å².